The van der Waals surface area contributed by atoms with Gasteiger partial charge in [-0.1, -0.05) is 24.3 Å². The summed E-state index contributed by atoms with van der Waals surface area (Å²) >= 11 is 0. The summed E-state index contributed by atoms with van der Waals surface area (Å²) in [5.41, 5.74) is 1.34. The lowest BCUT2D eigenvalue weighted by Crippen LogP contribution is -2.26. The maximum Gasteiger partial charge on any atom is 0.254 e. The van der Waals surface area contributed by atoms with Crippen molar-refractivity contribution >= 4 is 5.91 Å². The van der Waals surface area contributed by atoms with E-state index in [0.717, 1.165) is 5.56 Å². The molecule has 0 heterocycles. The molecule has 0 aliphatic heterocycles. The van der Waals surface area contributed by atoms with E-state index in [1.54, 1.807) is 57.5 Å². The predicted octanol–water partition coefficient (Wildman–Crippen LogP) is 4.78. The van der Waals surface area contributed by atoms with Crippen molar-refractivity contribution in [2.45, 2.75) is 6.54 Å². The molecule has 0 bridgehead atoms. The van der Waals surface area contributed by atoms with Crippen molar-refractivity contribution in [3.8, 4) is 28.7 Å². The van der Waals surface area contributed by atoms with Crippen LogP contribution in [0.5, 0.6) is 28.7 Å². The number of para-hydroxylation sites is 1. The molecule has 156 valence electrons. The van der Waals surface area contributed by atoms with Crippen molar-refractivity contribution < 1.29 is 23.7 Å². The maximum absolute atomic E-state index is 13.0. The zero-order valence-corrected chi connectivity index (χ0v) is 17.5. The zero-order chi connectivity index (χ0) is 21.5. The van der Waals surface area contributed by atoms with Gasteiger partial charge < -0.3 is 23.8 Å². The van der Waals surface area contributed by atoms with Gasteiger partial charge in [0.15, 0.2) is 11.5 Å². The Balaban J connectivity index is 1.79. The monoisotopic (exact) mass is 407 g/mol. The molecule has 0 atom stereocenters. The summed E-state index contributed by atoms with van der Waals surface area (Å²) in [4.78, 5) is 14.6. The minimum Gasteiger partial charge on any atom is -0.493 e. The molecule has 3 rings (SSSR count). The molecule has 0 spiro atoms. The molecule has 0 aliphatic rings. The van der Waals surface area contributed by atoms with Gasteiger partial charge in [0.1, 0.15) is 11.5 Å². The van der Waals surface area contributed by atoms with Crippen molar-refractivity contribution in [1.29, 1.82) is 0 Å². The second-order valence-electron chi connectivity index (χ2n) is 6.60. The molecular formula is C24H25NO5. The first-order valence-corrected chi connectivity index (χ1v) is 9.43. The van der Waals surface area contributed by atoms with Gasteiger partial charge in [-0.05, 0) is 42.5 Å². The van der Waals surface area contributed by atoms with Crippen molar-refractivity contribution in [2.75, 3.05) is 28.4 Å². The smallest absolute Gasteiger partial charge is 0.254 e. The number of carbonyl (C=O) groups is 1. The minimum atomic E-state index is -0.134. The Morgan fingerprint density at radius 1 is 0.800 bits per heavy atom. The van der Waals surface area contributed by atoms with Gasteiger partial charge in [-0.3, -0.25) is 4.79 Å². The Morgan fingerprint density at radius 2 is 1.50 bits per heavy atom. The normalized spacial score (nSPS) is 10.3. The number of hydrogen-bond acceptors (Lipinski definition) is 5. The molecule has 6 nitrogen and oxygen atoms in total. The molecule has 0 aliphatic carbocycles. The van der Waals surface area contributed by atoms with Crippen molar-refractivity contribution in [1.82, 2.24) is 4.90 Å². The Morgan fingerprint density at radius 3 is 2.17 bits per heavy atom. The number of methoxy groups -OCH3 is 3. The third-order valence-corrected chi connectivity index (χ3v) is 4.60. The second-order valence-corrected chi connectivity index (χ2v) is 6.60. The van der Waals surface area contributed by atoms with Gasteiger partial charge >= 0.3 is 0 Å². The summed E-state index contributed by atoms with van der Waals surface area (Å²) in [7, 11) is 6.42. The van der Waals surface area contributed by atoms with E-state index in [4.69, 9.17) is 18.9 Å². The van der Waals surface area contributed by atoms with E-state index in [0.29, 0.717) is 40.9 Å². The van der Waals surface area contributed by atoms with Crippen LogP contribution in [0.15, 0.2) is 66.7 Å². The minimum absolute atomic E-state index is 0.134. The first-order valence-electron chi connectivity index (χ1n) is 9.43. The van der Waals surface area contributed by atoms with Crippen molar-refractivity contribution in [3.05, 3.63) is 77.9 Å². The molecule has 0 saturated heterocycles. The van der Waals surface area contributed by atoms with E-state index >= 15 is 0 Å². The topological polar surface area (TPSA) is 57.2 Å². The first kappa shape index (κ1) is 21.0. The van der Waals surface area contributed by atoms with Crippen LogP contribution >= 0.6 is 0 Å². The van der Waals surface area contributed by atoms with Crippen LogP contribution in [0.1, 0.15) is 15.9 Å². The molecule has 30 heavy (non-hydrogen) atoms. The lowest BCUT2D eigenvalue weighted by atomic mass is 10.1. The number of nitrogens with zero attached hydrogens (tertiary/aromatic N) is 1. The number of hydrogen-bond donors (Lipinski definition) is 0. The van der Waals surface area contributed by atoms with Crippen LogP contribution in [0.3, 0.4) is 0 Å². The number of carbonyl (C=O) groups excluding carboxylic acids is 1. The Labute approximate surface area is 176 Å². The van der Waals surface area contributed by atoms with Crippen LogP contribution in [0.4, 0.5) is 0 Å². The van der Waals surface area contributed by atoms with Crippen molar-refractivity contribution in [3.63, 3.8) is 0 Å². The average molecular weight is 407 g/mol. The van der Waals surface area contributed by atoms with Gasteiger partial charge in [0.25, 0.3) is 5.91 Å². The fraction of sp³-hybridized carbons (Fsp3) is 0.208. The van der Waals surface area contributed by atoms with Crippen LogP contribution in [0.2, 0.25) is 0 Å². The van der Waals surface area contributed by atoms with Gasteiger partial charge in [-0.25, -0.2) is 0 Å². The van der Waals surface area contributed by atoms with E-state index in [9.17, 15) is 4.79 Å². The van der Waals surface area contributed by atoms with Crippen LogP contribution in [-0.2, 0) is 6.54 Å². The van der Waals surface area contributed by atoms with Crippen LogP contribution in [-0.4, -0.2) is 39.2 Å². The Kier molecular flexibility index (Phi) is 6.80. The van der Waals surface area contributed by atoms with Gasteiger partial charge in [-0.2, -0.15) is 0 Å². The van der Waals surface area contributed by atoms with E-state index in [1.165, 1.54) is 0 Å². The first-order chi connectivity index (χ1) is 14.6. The predicted molar refractivity (Wildman–Crippen MR) is 115 cm³/mol. The fourth-order valence-electron chi connectivity index (χ4n) is 3.15. The highest BCUT2D eigenvalue weighted by Gasteiger charge is 2.19. The molecule has 0 saturated carbocycles. The fourth-order valence-corrected chi connectivity index (χ4v) is 3.15. The quantitative estimate of drug-likeness (QED) is 0.538. The van der Waals surface area contributed by atoms with Gasteiger partial charge in [0, 0.05) is 24.7 Å². The largest absolute Gasteiger partial charge is 0.493 e. The van der Waals surface area contributed by atoms with E-state index in [1.807, 2.05) is 42.5 Å². The number of benzene rings is 3. The van der Waals surface area contributed by atoms with Gasteiger partial charge in [-0.15, -0.1) is 0 Å². The third-order valence-electron chi connectivity index (χ3n) is 4.60. The molecular weight excluding hydrogens is 382 g/mol. The molecule has 0 fully saturated rings. The molecule has 1 amide bonds. The van der Waals surface area contributed by atoms with Crippen LogP contribution in [0.25, 0.3) is 0 Å². The molecule has 0 unspecified atom stereocenters. The number of amides is 1. The third kappa shape index (κ3) is 4.66. The highest BCUT2D eigenvalue weighted by atomic mass is 16.5. The van der Waals surface area contributed by atoms with E-state index in [-0.39, 0.29) is 5.91 Å². The lowest BCUT2D eigenvalue weighted by Gasteiger charge is -2.21. The zero-order valence-electron chi connectivity index (χ0n) is 17.5. The summed E-state index contributed by atoms with van der Waals surface area (Å²) in [5, 5.41) is 0. The molecule has 0 N–H and O–H groups in total. The van der Waals surface area contributed by atoms with Crippen LogP contribution < -0.4 is 18.9 Å². The molecule has 3 aromatic carbocycles. The summed E-state index contributed by atoms with van der Waals surface area (Å²) in [5.74, 6) is 2.78. The standard InChI is InChI=1S/C24H25NO5/c1-25(16-18-13-14-21(27-2)23(29-4)22(18)28-3)24(26)17-9-8-12-20(15-17)30-19-10-6-5-7-11-19/h5-15H,16H2,1-4H3. The summed E-state index contributed by atoms with van der Waals surface area (Å²) in [6.45, 7) is 0.339. The molecule has 0 radical (unpaired) electrons. The maximum atomic E-state index is 13.0. The average Bonchev–Trinajstić information content (AvgIpc) is 2.78. The lowest BCUT2D eigenvalue weighted by molar-refractivity contribution is 0.0783. The van der Waals surface area contributed by atoms with Crippen LogP contribution in [0, 0.1) is 0 Å². The Hall–Kier alpha value is -3.67. The highest BCUT2D eigenvalue weighted by molar-refractivity contribution is 5.94. The van der Waals surface area contributed by atoms with Gasteiger partial charge in [0.2, 0.25) is 5.75 Å². The number of rotatable bonds is 8. The number of ether oxygens (including phenoxy) is 4. The molecule has 3 aromatic rings. The summed E-state index contributed by atoms with van der Waals surface area (Å²) in [6, 6.07) is 20.2. The summed E-state index contributed by atoms with van der Waals surface area (Å²) in [6.07, 6.45) is 0. The van der Waals surface area contributed by atoms with E-state index < -0.39 is 0 Å². The van der Waals surface area contributed by atoms with E-state index in [2.05, 4.69) is 0 Å². The molecule has 0 aromatic heterocycles. The SMILES string of the molecule is COc1ccc(CN(C)C(=O)c2cccc(Oc3ccccc3)c2)c(OC)c1OC. The molecule has 6 heteroatoms. The highest BCUT2D eigenvalue weighted by Crippen LogP contribution is 2.40. The van der Waals surface area contributed by atoms with Crippen molar-refractivity contribution in [2.24, 2.45) is 0 Å². The second kappa shape index (κ2) is 9.69. The van der Waals surface area contributed by atoms with Gasteiger partial charge in [0.05, 0.1) is 21.3 Å². The summed E-state index contributed by atoms with van der Waals surface area (Å²) < 4.78 is 22.1. The Bertz CT molecular complexity index is 1000.